The normalized spacial score (nSPS) is 10.3. The zero-order chi connectivity index (χ0) is 15.6. The molecule has 2 rings (SSSR count). The van der Waals surface area contributed by atoms with Crippen LogP contribution in [-0.4, -0.2) is 10.9 Å². The van der Waals surface area contributed by atoms with Gasteiger partial charge in [0.25, 0.3) is 5.91 Å². The number of carbonyl (C=O) groups is 1. The Morgan fingerprint density at radius 2 is 2.05 bits per heavy atom. The molecule has 1 aromatic heterocycles. The predicted molar refractivity (Wildman–Crippen MR) is 91.6 cm³/mol. The molecule has 0 radical (unpaired) electrons. The monoisotopic (exact) mass is 432 g/mol. The number of hydrazine groups is 1. The largest absolute Gasteiger partial charge is 0.321 e. The third-order valence-electron chi connectivity index (χ3n) is 2.73. The Morgan fingerprint density at radius 1 is 1.33 bits per heavy atom. The van der Waals surface area contributed by atoms with Gasteiger partial charge in [-0.2, -0.15) is 0 Å². The second-order valence-electron chi connectivity index (χ2n) is 4.23. The maximum Gasteiger partial charge on any atom is 0.259 e. The molecule has 0 atom stereocenters. The van der Waals surface area contributed by atoms with Crippen molar-refractivity contribution < 1.29 is 4.79 Å². The molecule has 0 saturated carbocycles. The number of benzene rings is 1. The summed E-state index contributed by atoms with van der Waals surface area (Å²) in [6.45, 7) is 1.88. The highest BCUT2D eigenvalue weighted by atomic mass is 79.9. The van der Waals surface area contributed by atoms with E-state index in [9.17, 15) is 4.79 Å². The first-order chi connectivity index (χ1) is 9.92. The highest BCUT2D eigenvalue weighted by Crippen LogP contribution is 2.30. The van der Waals surface area contributed by atoms with E-state index in [0.717, 1.165) is 10.0 Å². The van der Waals surface area contributed by atoms with Gasteiger partial charge in [-0.25, -0.2) is 10.8 Å². The van der Waals surface area contributed by atoms with Crippen LogP contribution in [0.15, 0.2) is 33.3 Å². The van der Waals surface area contributed by atoms with Crippen LogP contribution < -0.4 is 16.6 Å². The number of carbonyl (C=O) groups excluding carboxylic acids is 1. The van der Waals surface area contributed by atoms with Crippen LogP contribution in [-0.2, 0) is 0 Å². The van der Waals surface area contributed by atoms with E-state index >= 15 is 0 Å². The van der Waals surface area contributed by atoms with E-state index in [2.05, 4.69) is 47.6 Å². The van der Waals surface area contributed by atoms with Crippen molar-refractivity contribution in [1.82, 2.24) is 4.98 Å². The molecule has 0 saturated heterocycles. The molecule has 8 heteroatoms. The first kappa shape index (κ1) is 16.2. The summed E-state index contributed by atoms with van der Waals surface area (Å²) in [5, 5.41) is 3.34. The number of nitrogens with one attached hydrogen (secondary N) is 2. The van der Waals surface area contributed by atoms with Gasteiger partial charge < -0.3 is 10.7 Å². The van der Waals surface area contributed by atoms with Crippen LogP contribution in [0.4, 0.5) is 11.5 Å². The average Bonchev–Trinajstić information content (AvgIpc) is 2.44. The number of anilines is 2. The van der Waals surface area contributed by atoms with Crippen LogP contribution in [0.1, 0.15) is 15.9 Å². The molecule has 0 bridgehead atoms. The SMILES string of the molecule is Cc1cc(Br)c(NC(=O)c2cc(Br)cnc2NN)cc1Cl. The van der Waals surface area contributed by atoms with Gasteiger partial charge in [-0.1, -0.05) is 11.6 Å². The van der Waals surface area contributed by atoms with Crippen LogP contribution in [0.2, 0.25) is 5.02 Å². The second-order valence-corrected chi connectivity index (χ2v) is 6.41. The lowest BCUT2D eigenvalue weighted by Gasteiger charge is -2.12. The molecule has 0 fully saturated rings. The van der Waals surface area contributed by atoms with Gasteiger partial charge in [-0.15, -0.1) is 0 Å². The summed E-state index contributed by atoms with van der Waals surface area (Å²) < 4.78 is 1.41. The molecule has 1 heterocycles. The van der Waals surface area contributed by atoms with Crippen LogP contribution in [0.3, 0.4) is 0 Å². The molecule has 1 amide bonds. The van der Waals surface area contributed by atoms with Crippen LogP contribution >= 0.6 is 43.5 Å². The van der Waals surface area contributed by atoms with Crippen LogP contribution in [0, 0.1) is 6.92 Å². The molecule has 0 aliphatic heterocycles. The Bertz CT molecular complexity index is 709. The number of aryl methyl sites for hydroxylation is 1. The molecule has 2 aromatic rings. The van der Waals surface area contributed by atoms with Gasteiger partial charge in [0, 0.05) is 20.2 Å². The minimum Gasteiger partial charge on any atom is -0.321 e. The van der Waals surface area contributed by atoms with E-state index in [1.165, 1.54) is 0 Å². The first-order valence-electron chi connectivity index (χ1n) is 5.81. The smallest absolute Gasteiger partial charge is 0.259 e. The molecule has 0 unspecified atom stereocenters. The third kappa shape index (κ3) is 3.74. The van der Waals surface area contributed by atoms with Gasteiger partial charge in [0.2, 0.25) is 0 Å². The van der Waals surface area contributed by atoms with E-state index < -0.39 is 0 Å². The maximum absolute atomic E-state index is 12.4. The van der Waals surface area contributed by atoms with Crippen LogP contribution in [0.5, 0.6) is 0 Å². The van der Waals surface area contributed by atoms with E-state index in [1.807, 2.05) is 13.0 Å². The molecule has 21 heavy (non-hydrogen) atoms. The number of nitrogens with zero attached hydrogens (tertiary/aromatic N) is 1. The molecule has 0 aliphatic carbocycles. The van der Waals surface area contributed by atoms with Gasteiger partial charge >= 0.3 is 0 Å². The van der Waals surface area contributed by atoms with Gasteiger partial charge in [0.1, 0.15) is 0 Å². The minimum atomic E-state index is -0.350. The van der Waals surface area contributed by atoms with Crippen molar-refractivity contribution in [3.63, 3.8) is 0 Å². The Hall–Kier alpha value is -1.15. The van der Waals surface area contributed by atoms with Crippen molar-refractivity contribution in [3.8, 4) is 0 Å². The topological polar surface area (TPSA) is 80.0 Å². The highest BCUT2D eigenvalue weighted by Gasteiger charge is 2.15. The number of nitrogens with two attached hydrogens (primary N) is 1. The Labute approximate surface area is 143 Å². The Balaban J connectivity index is 2.34. The Kier molecular flexibility index (Phi) is 5.21. The number of hydrogen-bond acceptors (Lipinski definition) is 4. The molecular formula is C13H11Br2ClN4O. The number of halogens is 3. The fraction of sp³-hybridized carbons (Fsp3) is 0.0769. The summed E-state index contributed by atoms with van der Waals surface area (Å²) in [7, 11) is 0. The summed E-state index contributed by atoms with van der Waals surface area (Å²) in [5.74, 6) is 5.30. The van der Waals surface area contributed by atoms with Crippen molar-refractivity contribution >= 4 is 60.9 Å². The highest BCUT2D eigenvalue weighted by molar-refractivity contribution is 9.10. The first-order valence-corrected chi connectivity index (χ1v) is 7.78. The van der Waals surface area contributed by atoms with Crippen molar-refractivity contribution in [2.45, 2.75) is 6.92 Å². The molecule has 110 valence electrons. The van der Waals surface area contributed by atoms with Crippen molar-refractivity contribution in [1.29, 1.82) is 0 Å². The number of aromatic nitrogens is 1. The third-order valence-corrected chi connectivity index (χ3v) is 4.23. The van der Waals surface area contributed by atoms with E-state index in [1.54, 1.807) is 18.3 Å². The number of rotatable bonds is 3. The van der Waals surface area contributed by atoms with Gasteiger partial charge in [0.15, 0.2) is 5.82 Å². The minimum absolute atomic E-state index is 0.282. The molecule has 0 aliphatic rings. The zero-order valence-electron chi connectivity index (χ0n) is 10.9. The summed E-state index contributed by atoms with van der Waals surface area (Å²) >= 11 is 12.7. The molecule has 0 spiro atoms. The molecule has 1 aromatic carbocycles. The summed E-state index contributed by atoms with van der Waals surface area (Å²) in [6, 6.07) is 5.14. The van der Waals surface area contributed by atoms with Gasteiger partial charge in [0.05, 0.1) is 11.3 Å². The molecule has 4 N–H and O–H groups in total. The quantitative estimate of drug-likeness (QED) is 0.502. The van der Waals surface area contributed by atoms with E-state index in [4.69, 9.17) is 17.4 Å². The fourth-order valence-electron chi connectivity index (χ4n) is 1.66. The number of pyridine rings is 1. The summed E-state index contributed by atoms with van der Waals surface area (Å²) in [5.41, 5.74) is 4.19. The van der Waals surface area contributed by atoms with Crippen molar-refractivity contribution in [2.75, 3.05) is 10.7 Å². The second kappa shape index (κ2) is 6.74. The fourth-order valence-corrected chi connectivity index (χ4v) is 2.71. The number of nitrogen functional groups attached to an aromatic ring is 1. The van der Waals surface area contributed by atoms with E-state index in [-0.39, 0.29) is 11.7 Å². The molecule has 5 nitrogen and oxygen atoms in total. The lowest BCUT2D eigenvalue weighted by Crippen LogP contribution is -2.18. The lowest BCUT2D eigenvalue weighted by atomic mass is 10.2. The standard InChI is InChI=1S/C13H11Br2ClN4O/c1-6-2-9(15)11(4-10(6)16)19-13(21)8-3-7(14)5-18-12(8)20-17/h2-5H,17H2,1H3,(H,18,20)(H,19,21). The zero-order valence-corrected chi connectivity index (χ0v) is 14.8. The van der Waals surface area contributed by atoms with Gasteiger partial charge in [-0.3, -0.25) is 4.79 Å². The predicted octanol–water partition coefficient (Wildman–Crippen LogP) is 4.11. The number of amides is 1. The summed E-state index contributed by atoms with van der Waals surface area (Å²) in [4.78, 5) is 16.4. The van der Waals surface area contributed by atoms with Crippen molar-refractivity contribution in [2.24, 2.45) is 5.84 Å². The molecular weight excluding hydrogens is 423 g/mol. The average molecular weight is 435 g/mol. The van der Waals surface area contributed by atoms with Gasteiger partial charge in [-0.05, 0) is 62.5 Å². The Morgan fingerprint density at radius 3 is 2.71 bits per heavy atom. The lowest BCUT2D eigenvalue weighted by molar-refractivity contribution is 0.102. The summed E-state index contributed by atoms with van der Waals surface area (Å²) in [6.07, 6.45) is 1.55. The van der Waals surface area contributed by atoms with E-state index in [0.29, 0.717) is 20.7 Å². The van der Waals surface area contributed by atoms with Crippen LogP contribution in [0.25, 0.3) is 0 Å². The maximum atomic E-state index is 12.4. The van der Waals surface area contributed by atoms with Crippen molar-refractivity contribution in [3.05, 3.63) is 49.5 Å². The number of hydrogen-bond donors (Lipinski definition) is 3.